The van der Waals surface area contributed by atoms with Crippen molar-refractivity contribution in [3.05, 3.63) is 39.6 Å². The molecule has 1 aromatic carbocycles. The van der Waals surface area contributed by atoms with Crippen molar-refractivity contribution in [3.8, 4) is 6.07 Å². The van der Waals surface area contributed by atoms with Crippen LogP contribution >= 0.6 is 0 Å². The second-order valence-corrected chi connectivity index (χ2v) is 5.39. The normalized spacial score (nSPS) is 11.9. The number of nitrogens with zero attached hydrogens (tertiary/aromatic N) is 7. The summed E-state index contributed by atoms with van der Waals surface area (Å²) in [5, 5.41) is 9.08. The number of halogens is 1. The predicted molar refractivity (Wildman–Crippen MR) is 89.9 cm³/mol. The Kier molecular flexibility index (Phi) is 3.40. The number of nitrogen functional groups attached to an aromatic ring is 1. The van der Waals surface area contributed by atoms with Crippen LogP contribution in [0.4, 0.5) is 10.1 Å². The van der Waals surface area contributed by atoms with E-state index in [1.54, 1.807) is 14.0 Å². The van der Waals surface area contributed by atoms with Gasteiger partial charge in [0.25, 0.3) is 0 Å². The molecule has 0 saturated carbocycles. The van der Waals surface area contributed by atoms with E-state index < -0.39 is 5.82 Å². The Balaban J connectivity index is 2.69. The van der Waals surface area contributed by atoms with Gasteiger partial charge in [-0.05, 0) is 6.92 Å². The maximum Gasteiger partial charge on any atom is 0.562 e. The van der Waals surface area contributed by atoms with Gasteiger partial charge in [-0.1, -0.05) is 0 Å². The molecule has 0 amide bonds. The van der Waals surface area contributed by atoms with Crippen molar-refractivity contribution in [1.82, 2.24) is 19.1 Å². The van der Waals surface area contributed by atoms with E-state index in [1.807, 2.05) is 6.07 Å². The van der Waals surface area contributed by atoms with Gasteiger partial charge < -0.3 is 14.9 Å². The molecule has 0 spiro atoms. The molecule has 0 unspecified atom stereocenters. The summed E-state index contributed by atoms with van der Waals surface area (Å²) in [6.07, 6.45) is 0. The van der Waals surface area contributed by atoms with Gasteiger partial charge in [0, 0.05) is 14.1 Å². The minimum atomic E-state index is -0.664. The summed E-state index contributed by atoms with van der Waals surface area (Å²) in [5.74, 6) is -0.939. The minimum absolute atomic E-state index is 0.0128. The molecular weight excluding hydrogens is 323 g/mol. The van der Waals surface area contributed by atoms with Crippen LogP contribution in [0.5, 0.6) is 0 Å². The first-order valence-electron chi connectivity index (χ1n) is 7.03. The molecule has 0 aliphatic rings. The zero-order valence-corrected chi connectivity index (χ0v) is 13.6. The van der Waals surface area contributed by atoms with Crippen molar-refractivity contribution in [2.45, 2.75) is 6.92 Å². The summed E-state index contributed by atoms with van der Waals surface area (Å²) in [7, 11) is 3.14. The van der Waals surface area contributed by atoms with Gasteiger partial charge in [-0.25, -0.2) is 14.4 Å². The van der Waals surface area contributed by atoms with Crippen molar-refractivity contribution in [3.63, 3.8) is 0 Å². The summed E-state index contributed by atoms with van der Waals surface area (Å²) in [4.78, 5) is 14.7. The molecule has 0 atom stereocenters. The second-order valence-electron chi connectivity index (χ2n) is 5.39. The third-order valence-electron chi connectivity index (χ3n) is 4.03. The van der Waals surface area contributed by atoms with E-state index in [9.17, 15) is 0 Å². The lowest BCUT2D eigenvalue weighted by molar-refractivity contribution is 0.639. The third kappa shape index (κ3) is 1.95. The highest BCUT2D eigenvalue weighted by molar-refractivity contribution is 6.05. The number of fused-ring (bicyclic) bond motifs is 2. The van der Waals surface area contributed by atoms with Gasteiger partial charge in [0.05, 0.1) is 22.8 Å². The Morgan fingerprint density at radius 2 is 1.68 bits per heavy atom. The molecule has 0 aliphatic heterocycles. The molecule has 0 aliphatic carbocycles. The van der Waals surface area contributed by atoms with Crippen LogP contribution in [0.15, 0.2) is 0 Å². The largest absolute Gasteiger partial charge is 0.562 e. The summed E-state index contributed by atoms with van der Waals surface area (Å²) >= 11 is 0. The first-order valence-corrected chi connectivity index (χ1v) is 7.03. The monoisotopic (exact) mass is 334 g/mol. The van der Waals surface area contributed by atoms with E-state index >= 15 is 4.39 Å². The highest BCUT2D eigenvalue weighted by Gasteiger charge is 2.23. The number of hydrogen-bond donors (Lipinski definition) is 1. The highest BCUT2D eigenvalue weighted by atomic mass is 19.1. The number of aromatic nitrogens is 4. The third-order valence-corrected chi connectivity index (χ3v) is 4.03. The maximum atomic E-state index is 15.1. The fraction of sp³-hybridized carbons (Fsp3) is 0.188. The first-order chi connectivity index (χ1) is 11.9. The molecule has 3 rings (SSSR count). The molecule has 0 bridgehead atoms. The van der Waals surface area contributed by atoms with Crippen LogP contribution < -0.4 is 16.7 Å². The van der Waals surface area contributed by atoms with Gasteiger partial charge in [-0.15, -0.1) is 0 Å². The van der Waals surface area contributed by atoms with Crippen molar-refractivity contribution in [1.29, 1.82) is 5.26 Å². The molecule has 2 N–H and O–H groups in total. The molecule has 2 heterocycles. The number of rotatable bonds is 0. The average Bonchev–Trinajstić information content (AvgIpc) is 3.12. The van der Waals surface area contributed by atoms with Crippen LogP contribution in [0.2, 0.25) is 0 Å². The Bertz CT molecular complexity index is 1300. The fourth-order valence-corrected chi connectivity index (χ4v) is 2.83. The number of aryl methyl sites for hydroxylation is 2. The molecule has 0 saturated heterocycles. The van der Waals surface area contributed by atoms with E-state index in [1.165, 1.54) is 16.2 Å². The van der Waals surface area contributed by atoms with Crippen LogP contribution in [-0.2, 0) is 14.1 Å². The number of imidazole rings is 2. The van der Waals surface area contributed by atoms with Gasteiger partial charge in [-0.2, -0.15) is 15.0 Å². The predicted octanol–water partition coefficient (Wildman–Crippen LogP) is 0.780. The lowest BCUT2D eigenvalue weighted by Gasteiger charge is -2.04. The van der Waals surface area contributed by atoms with E-state index in [2.05, 4.69) is 19.7 Å². The van der Waals surface area contributed by atoms with Crippen LogP contribution in [0, 0.1) is 30.3 Å². The molecule has 122 valence electrons. The smallest absolute Gasteiger partial charge is 0.395 e. The summed E-state index contributed by atoms with van der Waals surface area (Å²) in [6.45, 7) is 15.7. The molecular formula is C16H11FN8. The number of nitrogens with two attached hydrogens (primary N) is 1. The van der Waals surface area contributed by atoms with Crippen molar-refractivity contribution < 1.29 is 4.39 Å². The Morgan fingerprint density at radius 1 is 1.12 bits per heavy atom. The zero-order valence-electron chi connectivity index (χ0n) is 13.6. The number of hydrogen-bond acceptors (Lipinski definition) is 4. The first kappa shape index (κ1) is 16.0. The number of anilines is 1. The van der Waals surface area contributed by atoms with Crippen molar-refractivity contribution in [2.24, 2.45) is 14.1 Å². The topological polar surface area (TPSA) is 94.2 Å². The summed E-state index contributed by atoms with van der Waals surface area (Å²) in [5.41, 5.74) is 7.57. The number of benzene rings is 1. The summed E-state index contributed by atoms with van der Waals surface area (Å²) in [6, 6.07) is 1.99. The van der Waals surface area contributed by atoms with Gasteiger partial charge in [0.1, 0.15) is 35.2 Å². The van der Waals surface area contributed by atoms with E-state index in [0.717, 1.165) is 0 Å². The molecule has 9 heteroatoms. The van der Waals surface area contributed by atoms with Gasteiger partial charge in [0.15, 0.2) is 5.82 Å². The van der Waals surface area contributed by atoms with Gasteiger partial charge in [-0.3, -0.25) is 0 Å². The fourth-order valence-electron chi connectivity index (χ4n) is 2.83. The lowest BCUT2D eigenvalue weighted by atomic mass is 10.2. The average molecular weight is 334 g/mol. The zero-order chi connectivity index (χ0) is 18.5. The molecule has 8 nitrogen and oxygen atoms in total. The minimum Gasteiger partial charge on any atom is -0.395 e. The SMILES string of the molecule is [C-]#[N+]C([N+]#[C-])=c1nc2c(N)c3c(n/c(=C(\C)C#N)n3C)c(F)c2n1C. The number of nitriles is 1. The Morgan fingerprint density at radius 3 is 2.24 bits per heavy atom. The van der Waals surface area contributed by atoms with Crippen LogP contribution in [-0.4, -0.2) is 19.1 Å². The molecule has 3 aromatic rings. The molecule has 25 heavy (non-hydrogen) atoms. The van der Waals surface area contributed by atoms with Gasteiger partial charge >= 0.3 is 5.82 Å². The van der Waals surface area contributed by atoms with Crippen LogP contribution in [0.3, 0.4) is 0 Å². The lowest BCUT2D eigenvalue weighted by Crippen LogP contribution is -2.17. The van der Waals surface area contributed by atoms with Crippen LogP contribution in [0.1, 0.15) is 6.92 Å². The Labute approximate surface area is 141 Å². The Hall–Kier alpha value is -3.90. The van der Waals surface area contributed by atoms with Crippen molar-refractivity contribution in [2.75, 3.05) is 5.73 Å². The van der Waals surface area contributed by atoms with Crippen molar-refractivity contribution >= 4 is 39.1 Å². The van der Waals surface area contributed by atoms with Gasteiger partial charge in [0.2, 0.25) is 5.48 Å². The van der Waals surface area contributed by atoms with E-state index in [-0.39, 0.29) is 33.5 Å². The highest BCUT2D eigenvalue weighted by Crippen LogP contribution is 2.30. The maximum absolute atomic E-state index is 15.1. The molecule has 0 radical (unpaired) electrons. The van der Waals surface area contributed by atoms with E-state index in [4.69, 9.17) is 24.1 Å². The molecule has 2 aromatic heterocycles. The molecule has 0 fully saturated rings. The second kappa shape index (κ2) is 5.33. The quantitative estimate of drug-likeness (QED) is 0.485. The van der Waals surface area contributed by atoms with Crippen LogP contribution in [0.25, 0.3) is 43.2 Å². The van der Waals surface area contributed by atoms with E-state index in [0.29, 0.717) is 16.6 Å². The standard InChI is InChI=1S/C16H11FN8/c1-7(6-18)15-22-10-8(17)12-11(9(19)13(10)25(15)5)23-16(24(12)4)14(20-2)21-3/h19H2,1,4-5H3/b15-7-. The summed E-state index contributed by atoms with van der Waals surface area (Å²) < 4.78 is 18.0.